The number of carbonyl (C=O) groups is 2. The van der Waals surface area contributed by atoms with E-state index in [0.717, 1.165) is 11.5 Å². The molecular weight excluding hydrogens is 276 g/mol. The van der Waals surface area contributed by atoms with Crippen LogP contribution in [0.5, 0.6) is 0 Å². The van der Waals surface area contributed by atoms with Crippen molar-refractivity contribution >= 4 is 28.7 Å². The van der Waals surface area contributed by atoms with Gasteiger partial charge in [-0.25, -0.2) is 14.3 Å². The van der Waals surface area contributed by atoms with Crippen molar-refractivity contribution < 1.29 is 14.7 Å². The van der Waals surface area contributed by atoms with Gasteiger partial charge in [-0.1, -0.05) is 14.8 Å². The molecule has 12 heteroatoms. The summed E-state index contributed by atoms with van der Waals surface area (Å²) in [6, 6.07) is -0.461. The van der Waals surface area contributed by atoms with Crippen LogP contribution in [0.4, 0.5) is 9.93 Å². The second-order valence-corrected chi connectivity index (χ2v) is 3.95. The molecule has 0 aliphatic carbocycles. The van der Waals surface area contributed by atoms with Gasteiger partial charge in [0.2, 0.25) is 5.13 Å². The van der Waals surface area contributed by atoms with E-state index in [1.54, 1.807) is 0 Å². The van der Waals surface area contributed by atoms with Crippen molar-refractivity contribution in [2.75, 3.05) is 11.9 Å². The van der Waals surface area contributed by atoms with Crippen molar-refractivity contribution in [2.45, 2.75) is 6.54 Å². The zero-order valence-electron chi connectivity index (χ0n) is 9.35. The van der Waals surface area contributed by atoms with Gasteiger partial charge < -0.3 is 10.4 Å². The third-order valence-corrected chi connectivity index (χ3v) is 2.42. The van der Waals surface area contributed by atoms with Gasteiger partial charge in [0.05, 0.1) is 12.7 Å². The van der Waals surface area contributed by atoms with Crippen LogP contribution in [0, 0.1) is 0 Å². The molecule has 0 saturated heterocycles. The molecule has 2 aromatic heterocycles. The molecule has 2 heterocycles. The summed E-state index contributed by atoms with van der Waals surface area (Å²) in [7, 11) is 0. The molecule has 19 heavy (non-hydrogen) atoms. The molecule has 2 amide bonds. The molecule has 0 aliphatic heterocycles. The molecule has 0 atom stereocenters. The first-order chi connectivity index (χ1) is 9.15. The molecule has 0 fully saturated rings. The van der Waals surface area contributed by atoms with Gasteiger partial charge >= 0.3 is 12.0 Å². The van der Waals surface area contributed by atoms with Crippen molar-refractivity contribution in [1.82, 2.24) is 35.1 Å². The van der Waals surface area contributed by atoms with Gasteiger partial charge in [-0.15, -0.1) is 5.10 Å². The van der Waals surface area contributed by atoms with Crippen molar-refractivity contribution in [2.24, 2.45) is 0 Å². The van der Waals surface area contributed by atoms with E-state index in [2.05, 4.69) is 35.7 Å². The molecule has 11 nitrogen and oxygen atoms in total. The van der Waals surface area contributed by atoms with E-state index in [1.165, 1.54) is 10.9 Å². The number of aromatic carboxylic acids is 1. The number of nitrogens with zero attached hydrogens (tertiary/aromatic N) is 6. The highest BCUT2D eigenvalue weighted by Gasteiger charge is 2.08. The summed E-state index contributed by atoms with van der Waals surface area (Å²) in [4.78, 5) is 21.9. The number of rotatable bonds is 5. The van der Waals surface area contributed by atoms with Crippen LogP contribution in [0.25, 0.3) is 0 Å². The fraction of sp³-hybridized carbons (Fsp3) is 0.286. The fourth-order valence-corrected chi connectivity index (χ4v) is 1.47. The largest absolute Gasteiger partial charge is 0.476 e. The number of carboxylic acid groups (broad SMARTS) is 1. The second kappa shape index (κ2) is 5.81. The lowest BCUT2D eigenvalue weighted by atomic mass is 10.5. The molecular formula is C7H8N8O3S. The lowest BCUT2D eigenvalue weighted by molar-refractivity contribution is 0.0690. The Morgan fingerprint density at radius 1 is 1.42 bits per heavy atom. The van der Waals surface area contributed by atoms with Crippen LogP contribution in [0.2, 0.25) is 0 Å². The maximum atomic E-state index is 11.4. The zero-order valence-corrected chi connectivity index (χ0v) is 10.2. The molecule has 3 N–H and O–H groups in total. The zero-order chi connectivity index (χ0) is 13.7. The summed E-state index contributed by atoms with van der Waals surface area (Å²) in [5.74, 6) is -1.15. The van der Waals surface area contributed by atoms with E-state index in [0.29, 0.717) is 6.54 Å². The summed E-state index contributed by atoms with van der Waals surface area (Å²) in [5.41, 5.74) is -0.149. The van der Waals surface area contributed by atoms with Crippen molar-refractivity contribution in [3.63, 3.8) is 0 Å². The number of anilines is 1. The van der Waals surface area contributed by atoms with Gasteiger partial charge in [-0.3, -0.25) is 5.32 Å². The highest BCUT2D eigenvalue weighted by atomic mass is 32.1. The normalized spacial score (nSPS) is 10.1. The van der Waals surface area contributed by atoms with Crippen LogP contribution in [-0.4, -0.2) is 53.4 Å². The van der Waals surface area contributed by atoms with Gasteiger partial charge in [0.1, 0.15) is 0 Å². The Balaban J connectivity index is 1.73. The lowest BCUT2D eigenvalue weighted by Crippen LogP contribution is -2.31. The number of carboxylic acids is 1. The first-order valence-electron chi connectivity index (χ1n) is 4.98. The Hall–Kier alpha value is -2.63. The molecule has 100 valence electrons. The molecule has 2 rings (SSSR count). The number of carbonyl (C=O) groups excluding carboxylic acids is 1. The molecule has 0 unspecified atom stereocenters. The summed E-state index contributed by atoms with van der Waals surface area (Å²) in [6.07, 6.45) is 1.27. The topological polar surface area (TPSA) is 148 Å². The number of urea groups is 1. The predicted octanol–water partition coefficient (Wildman–Crippen LogP) is -0.956. The summed E-state index contributed by atoms with van der Waals surface area (Å²) < 4.78 is 4.80. The quantitative estimate of drug-likeness (QED) is 0.636. The SMILES string of the molecule is O=C(NCCn1cc(C(=O)O)nn1)Nc1nnns1. The molecule has 0 aromatic carbocycles. The highest BCUT2D eigenvalue weighted by Crippen LogP contribution is 2.03. The first-order valence-corrected chi connectivity index (χ1v) is 5.76. The van der Waals surface area contributed by atoms with Gasteiger partial charge in [0.25, 0.3) is 0 Å². The van der Waals surface area contributed by atoms with Gasteiger partial charge in [-0.2, -0.15) is 0 Å². The van der Waals surface area contributed by atoms with E-state index in [4.69, 9.17) is 5.11 Å². The van der Waals surface area contributed by atoms with Gasteiger partial charge in [0, 0.05) is 18.1 Å². The number of aromatic nitrogens is 6. The Bertz CT molecular complexity index is 567. The monoisotopic (exact) mass is 284 g/mol. The van der Waals surface area contributed by atoms with Crippen LogP contribution in [0.3, 0.4) is 0 Å². The smallest absolute Gasteiger partial charge is 0.358 e. The maximum Gasteiger partial charge on any atom is 0.358 e. The molecule has 0 saturated carbocycles. The first kappa shape index (κ1) is 12.8. The fourth-order valence-electron chi connectivity index (χ4n) is 1.11. The molecule has 0 spiro atoms. The Labute approximate surface area is 109 Å². The van der Waals surface area contributed by atoms with E-state index in [9.17, 15) is 9.59 Å². The van der Waals surface area contributed by atoms with Crippen LogP contribution in [0.15, 0.2) is 6.20 Å². The van der Waals surface area contributed by atoms with Crippen molar-refractivity contribution in [1.29, 1.82) is 0 Å². The number of hydrogen-bond donors (Lipinski definition) is 3. The minimum atomic E-state index is -1.15. The second-order valence-electron chi connectivity index (χ2n) is 3.22. The number of amides is 2. The van der Waals surface area contributed by atoms with Crippen LogP contribution < -0.4 is 10.6 Å². The molecule has 0 aliphatic rings. The van der Waals surface area contributed by atoms with Crippen LogP contribution >= 0.6 is 11.5 Å². The van der Waals surface area contributed by atoms with Crippen molar-refractivity contribution in [3.8, 4) is 0 Å². The highest BCUT2D eigenvalue weighted by molar-refractivity contribution is 7.09. The average Bonchev–Trinajstić information content (AvgIpc) is 3.00. The minimum absolute atomic E-state index is 0.149. The third kappa shape index (κ3) is 3.67. The van der Waals surface area contributed by atoms with E-state index >= 15 is 0 Å². The third-order valence-electron chi connectivity index (χ3n) is 1.90. The van der Waals surface area contributed by atoms with Gasteiger partial charge in [0.15, 0.2) is 5.69 Å². The number of hydrogen-bond acceptors (Lipinski definition) is 8. The summed E-state index contributed by atoms with van der Waals surface area (Å²) in [5, 5.41) is 27.8. The summed E-state index contributed by atoms with van der Waals surface area (Å²) >= 11 is 0.951. The van der Waals surface area contributed by atoms with Gasteiger partial charge in [-0.05, 0) is 5.21 Å². The van der Waals surface area contributed by atoms with Crippen LogP contribution in [0.1, 0.15) is 10.5 Å². The predicted molar refractivity (Wildman–Crippen MR) is 61.7 cm³/mol. The van der Waals surface area contributed by atoms with E-state index < -0.39 is 12.0 Å². The number of nitrogens with one attached hydrogen (secondary N) is 2. The molecule has 0 radical (unpaired) electrons. The molecule has 2 aromatic rings. The van der Waals surface area contributed by atoms with E-state index in [-0.39, 0.29) is 17.4 Å². The summed E-state index contributed by atoms with van der Waals surface area (Å²) in [6.45, 7) is 0.544. The molecule has 0 bridgehead atoms. The van der Waals surface area contributed by atoms with E-state index in [1.807, 2.05) is 0 Å². The Morgan fingerprint density at radius 2 is 2.26 bits per heavy atom. The average molecular weight is 284 g/mol. The standard InChI is InChI=1S/C7H8N8O3S/c16-5(17)4-3-15(13-10-4)2-1-8-6(18)9-7-11-12-14-19-7/h3H,1-2H2,(H,16,17)(H2,8,9,11,14,18). The minimum Gasteiger partial charge on any atom is -0.476 e. The Kier molecular flexibility index (Phi) is 3.92. The van der Waals surface area contributed by atoms with Crippen LogP contribution in [-0.2, 0) is 6.54 Å². The maximum absolute atomic E-state index is 11.4. The lowest BCUT2D eigenvalue weighted by Gasteiger charge is -2.04. The van der Waals surface area contributed by atoms with Crippen molar-refractivity contribution in [3.05, 3.63) is 11.9 Å². The Morgan fingerprint density at radius 3 is 2.89 bits per heavy atom.